The maximum absolute atomic E-state index is 14.1. The van der Waals surface area contributed by atoms with Gasteiger partial charge in [-0.15, -0.1) is 0 Å². The zero-order valence-corrected chi connectivity index (χ0v) is 20.6. The highest BCUT2D eigenvalue weighted by Gasteiger charge is 2.29. The fourth-order valence-corrected chi connectivity index (χ4v) is 5.00. The summed E-state index contributed by atoms with van der Waals surface area (Å²) in [7, 11) is 2.10. The lowest BCUT2D eigenvalue weighted by Gasteiger charge is -2.29. The van der Waals surface area contributed by atoms with E-state index in [0.29, 0.717) is 23.5 Å². The van der Waals surface area contributed by atoms with Crippen LogP contribution in [0.4, 0.5) is 26.2 Å². The van der Waals surface area contributed by atoms with E-state index in [-0.39, 0.29) is 5.82 Å². The van der Waals surface area contributed by atoms with Crippen molar-refractivity contribution in [2.75, 3.05) is 36.9 Å². The molecular formula is C27H28F2N8. The van der Waals surface area contributed by atoms with Gasteiger partial charge in [-0.25, -0.2) is 28.7 Å². The number of fused-ring (bicyclic) bond motifs is 1. The summed E-state index contributed by atoms with van der Waals surface area (Å²) in [6, 6.07) is 4.33. The van der Waals surface area contributed by atoms with Gasteiger partial charge in [0, 0.05) is 43.0 Å². The predicted octanol–water partition coefficient (Wildman–Crippen LogP) is 4.82. The molecule has 2 fully saturated rings. The van der Waals surface area contributed by atoms with Crippen molar-refractivity contribution in [1.82, 2.24) is 30.2 Å². The van der Waals surface area contributed by atoms with Gasteiger partial charge in [-0.1, -0.05) is 0 Å². The second kappa shape index (κ2) is 9.93. The Morgan fingerprint density at radius 3 is 2.65 bits per heavy atom. The third kappa shape index (κ3) is 5.06. The van der Waals surface area contributed by atoms with Crippen LogP contribution in [0.2, 0.25) is 0 Å². The number of hydrogen-bond acceptors (Lipinski definition) is 8. The molecule has 0 amide bonds. The van der Waals surface area contributed by atoms with Crippen molar-refractivity contribution >= 4 is 28.4 Å². The molecule has 37 heavy (non-hydrogen) atoms. The maximum atomic E-state index is 14.1. The summed E-state index contributed by atoms with van der Waals surface area (Å²) in [4.78, 5) is 24.8. The molecule has 0 aromatic carbocycles. The minimum atomic E-state index is -0.797. The number of rotatable bonds is 7. The molecule has 2 N–H and O–H groups in total. The largest absolute Gasteiger partial charge is 0.359 e. The zero-order valence-electron chi connectivity index (χ0n) is 20.6. The molecule has 0 unspecified atom stereocenters. The molecule has 5 heterocycles. The van der Waals surface area contributed by atoms with Gasteiger partial charge < -0.3 is 15.5 Å². The summed E-state index contributed by atoms with van der Waals surface area (Å²) in [6.07, 6.45) is 10.9. The van der Waals surface area contributed by atoms with Crippen molar-refractivity contribution in [2.24, 2.45) is 5.92 Å². The zero-order chi connectivity index (χ0) is 25.4. The van der Waals surface area contributed by atoms with Crippen molar-refractivity contribution in [3.05, 3.63) is 60.2 Å². The first kappa shape index (κ1) is 23.6. The quantitative estimate of drug-likeness (QED) is 0.372. The molecule has 6 rings (SSSR count). The highest BCUT2D eigenvalue weighted by atomic mass is 19.1. The molecular weight excluding hydrogens is 474 g/mol. The highest BCUT2D eigenvalue weighted by molar-refractivity contribution is 5.94. The molecule has 1 saturated carbocycles. The van der Waals surface area contributed by atoms with Crippen LogP contribution >= 0.6 is 0 Å². The minimum absolute atomic E-state index is 0.105. The molecule has 1 saturated heterocycles. The van der Waals surface area contributed by atoms with Crippen LogP contribution in [-0.4, -0.2) is 51.6 Å². The lowest BCUT2D eigenvalue weighted by atomic mass is 9.97. The van der Waals surface area contributed by atoms with Gasteiger partial charge >= 0.3 is 0 Å². The first-order valence-corrected chi connectivity index (χ1v) is 12.7. The number of pyridine rings is 3. The summed E-state index contributed by atoms with van der Waals surface area (Å²) < 4.78 is 27.4. The molecule has 0 atom stereocenters. The summed E-state index contributed by atoms with van der Waals surface area (Å²) in [5, 5.41) is 7.33. The smallest absolute Gasteiger partial charge is 0.168 e. The first-order valence-electron chi connectivity index (χ1n) is 12.7. The molecule has 1 aliphatic heterocycles. The van der Waals surface area contributed by atoms with Crippen molar-refractivity contribution in [3.8, 4) is 11.4 Å². The van der Waals surface area contributed by atoms with Crippen LogP contribution in [0, 0.1) is 17.6 Å². The Balaban J connectivity index is 1.39. The number of nitrogens with one attached hydrogen (secondary N) is 2. The predicted molar refractivity (Wildman–Crippen MR) is 139 cm³/mol. The minimum Gasteiger partial charge on any atom is -0.359 e. The van der Waals surface area contributed by atoms with Crippen LogP contribution in [0.15, 0.2) is 43.0 Å². The van der Waals surface area contributed by atoms with E-state index in [1.165, 1.54) is 5.56 Å². The number of anilines is 3. The van der Waals surface area contributed by atoms with E-state index in [1.54, 1.807) is 18.5 Å². The summed E-state index contributed by atoms with van der Waals surface area (Å²) >= 11 is 0. The first-order chi connectivity index (χ1) is 18.0. The second-order valence-corrected chi connectivity index (χ2v) is 9.88. The molecule has 10 heteroatoms. The standard InChI is InChI=1S/C27H28F2N8/c1-37(15-16-4-7-30-8-5-16)27-24-20(17-2-3-17)13-31-14-22(24)34-25(36-27)18-6-9-32-23(10-18)35-26-21(29)11-19(28)12-33-26/h6,9-14,16-17,30H,2-5,7-8,15H2,1H3,(H,32,33,35). The van der Waals surface area contributed by atoms with E-state index in [2.05, 4.69) is 37.5 Å². The van der Waals surface area contributed by atoms with Crippen LogP contribution in [-0.2, 0) is 0 Å². The van der Waals surface area contributed by atoms with Gasteiger partial charge in [0.05, 0.1) is 17.9 Å². The molecule has 8 nitrogen and oxygen atoms in total. The summed E-state index contributed by atoms with van der Waals surface area (Å²) in [5.41, 5.74) is 2.74. The third-order valence-corrected chi connectivity index (χ3v) is 7.06. The van der Waals surface area contributed by atoms with Crippen LogP contribution in [0.25, 0.3) is 22.3 Å². The van der Waals surface area contributed by atoms with Gasteiger partial charge in [0.15, 0.2) is 17.5 Å². The molecule has 190 valence electrons. The summed E-state index contributed by atoms with van der Waals surface area (Å²) in [5.74, 6) is 1.25. The Morgan fingerprint density at radius 1 is 1.03 bits per heavy atom. The Kier molecular flexibility index (Phi) is 6.33. The monoisotopic (exact) mass is 502 g/mol. The van der Waals surface area contributed by atoms with Gasteiger partial charge in [-0.2, -0.15) is 0 Å². The van der Waals surface area contributed by atoms with Crippen LogP contribution in [0.3, 0.4) is 0 Å². The molecule has 1 aliphatic carbocycles. The average molecular weight is 503 g/mol. The van der Waals surface area contributed by atoms with Gasteiger partial charge in [0.1, 0.15) is 17.5 Å². The van der Waals surface area contributed by atoms with Gasteiger partial charge in [0.2, 0.25) is 0 Å². The number of halogens is 2. The van der Waals surface area contributed by atoms with E-state index >= 15 is 0 Å². The SMILES string of the molecule is CN(CC1CCNCC1)c1nc(-c2ccnc(Nc3ncc(F)cc3F)c2)nc2cncc(C3CC3)c12. The van der Waals surface area contributed by atoms with E-state index < -0.39 is 11.6 Å². The number of piperidine rings is 1. The van der Waals surface area contributed by atoms with Crippen molar-refractivity contribution < 1.29 is 8.78 Å². The van der Waals surface area contributed by atoms with E-state index in [9.17, 15) is 8.78 Å². The Bertz CT molecular complexity index is 1440. The number of aromatic nitrogens is 5. The van der Waals surface area contributed by atoms with Crippen LogP contribution < -0.4 is 15.5 Å². The molecule has 0 radical (unpaired) electrons. The Morgan fingerprint density at radius 2 is 1.86 bits per heavy atom. The summed E-state index contributed by atoms with van der Waals surface area (Å²) in [6.45, 7) is 3.00. The highest BCUT2D eigenvalue weighted by Crippen LogP contribution is 2.44. The Hall–Kier alpha value is -3.79. The van der Waals surface area contributed by atoms with E-state index in [1.807, 2.05) is 12.3 Å². The maximum Gasteiger partial charge on any atom is 0.168 e. The second-order valence-electron chi connectivity index (χ2n) is 9.88. The van der Waals surface area contributed by atoms with E-state index in [4.69, 9.17) is 9.97 Å². The van der Waals surface area contributed by atoms with Gasteiger partial charge in [0.25, 0.3) is 0 Å². The lowest BCUT2D eigenvalue weighted by molar-refractivity contribution is 0.377. The van der Waals surface area contributed by atoms with Gasteiger partial charge in [-0.05, 0) is 68.3 Å². The van der Waals surface area contributed by atoms with Crippen molar-refractivity contribution in [3.63, 3.8) is 0 Å². The molecule has 0 bridgehead atoms. The Labute approximate surface area is 213 Å². The fraction of sp³-hybridized carbons (Fsp3) is 0.370. The molecule has 2 aliphatic rings. The molecule has 0 spiro atoms. The number of hydrogen-bond donors (Lipinski definition) is 2. The topological polar surface area (TPSA) is 91.8 Å². The average Bonchev–Trinajstić information content (AvgIpc) is 3.76. The normalized spacial score (nSPS) is 16.2. The van der Waals surface area contributed by atoms with Gasteiger partial charge in [-0.3, -0.25) is 4.98 Å². The fourth-order valence-electron chi connectivity index (χ4n) is 5.00. The molecule has 4 aromatic heterocycles. The lowest BCUT2D eigenvalue weighted by Crippen LogP contribution is -2.35. The van der Waals surface area contributed by atoms with Crippen molar-refractivity contribution in [1.29, 1.82) is 0 Å². The van der Waals surface area contributed by atoms with Crippen LogP contribution in [0.5, 0.6) is 0 Å². The van der Waals surface area contributed by atoms with Crippen LogP contribution in [0.1, 0.15) is 37.2 Å². The third-order valence-electron chi connectivity index (χ3n) is 7.06. The number of nitrogens with zero attached hydrogens (tertiary/aromatic N) is 6. The van der Waals surface area contributed by atoms with Crippen molar-refractivity contribution in [2.45, 2.75) is 31.6 Å². The van der Waals surface area contributed by atoms with E-state index in [0.717, 1.165) is 79.9 Å². The molecule has 4 aromatic rings.